The van der Waals surface area contributed by atoms with Crippen LogP contribution in [0.5, 0.6) is 0 Å². The van der Waals surface area contributed by atoms with Gasteiger partial charge >= 0.3 is 12.2 Å². The molecule has 1 saturated carbocycles. The highest BCUT2D eigenvalue weighted by Crippen LogP contribution is 2.56. The first-order valence-electron chi connectivity index (χ1n) is 12.1. The maximum absolute atomic E-state index is 12.8. The van der Waals surface area contributed by atoms with Crippen LogP contribution < -0.4 is 0 Å². The first kappa shape index (κ1) is 26.4. The van der Waals surface area contributed by atoms with Gasteiger partial charge in [0.05, 0.1) is 17.4 Å². The lowest BCUT2D eigenvalue weighted by atomic mass is 9.92. The molecule has 3 atom stereocenters. The summed E-state index contributed by atoms with van der Waals surface area (Å²) < 4.78 is 12.8. The third-order valence-corrected chi connectivity index (χ3v) is 6.11. The zero-order valence-electron chi connectivity index (χ0n) is 21.8. The highest BCUT2D eigenvalue weighted by molar-refractivity contribution is 5.88. The maximum Gasteiger partial charge on any atom is 0.419 e. The van der Waals surface area contributed by atoms with E-state index >= 15 is 0 Å². The molecule has 0 saturated heterocycles. The highest BCUT2D eigenvalue weighted by Gasteiger charge is 2.59. The Morgan fingerprint density at radius 3 is 2.20 bits per heavy atom. The van der Waals surface area contributed by atoms with Crippen LogP contribution in [0.2, 0.25) is 0 Å². The summed E-state index contributed by atoms with van der Waals surface area (Å²) in [4.78, 5) is 43.3. The number of amides is 2. The Hall–Kier alpha value is -3.16. The molecule has 8 nitrogen and oxygen atoms in total. The zero-order chi connectivity index (χ0) is 26.0. The lowest BCUT2D eigenvalue weighted by molar-refractivity contribution is -0.110. The molecule has 1 fully saturated rings. The Labute approximate surface area is 207 Å². The van der Waals surface area contributed by atoms with Gasteiger partial charge in [0.1, 0.15) is 17.5 Å². The normalized spacial score (nSPS) is 20.6. The van der Waals surface area contributed by atoms with Crippen LogP contribution in [0.3, 0.4) is 0 Å². The van der Waals surface area contributed by atoms with E-state index in [1.807, 2.05) is 48.0 Å². The standard InChI is InChI=1S/C27H37N3O5/c1-19(13-14-30(23(32)34-25(2,3)4)24(33)35-26(5,6)7)21-15-27(21,17-31)22-16-29(18-28-22)20-11-9-8-10-12-20/h8-12,16-19,21H,13-15H2,1-7H3. The Morgan fingerprint density at radius 1 is 1.11 bits per heavy atom. The Balaban J connectivity index is 1.70. The second-order valence-corrected chi connectivity index (χ2v) is 11.3. The number of carbonyl (C=O) groups is 3. The molecule has 0 spiro atoms. The number of aromatic nitrogens is 2. The molecule has 3 rings (SSSR count). The van der Waals surface area contributed by atoms with Crippen LogP contribution in [0, 0.1) is 11.8 Å². The number of ether oxygens (including phenoxy) is 2. The largest absolute Gasteiger partial charge is 0.443 e. The minimum Gasteiger partial charge on any atom is -0.443 e. The van der Waals surface area contributed by atoms with E-state index < -0.39 is 28.8 Å². The summed E-state index contributed by atoms with van der Waals surface area (Å²) in [6.45, 7) is 12.7. The second kappa shape index (κ2) is 9.84. The molecule has 2 aromatic rings. The van der Waals surface area contributed by atoms with Crippen LogP contribution in [0.25, 0.3) is 5.69 Å². The van der Waals surface area contributed by atoms with Gasteiger partial charge < -0.3 is 18.8 Å². The van der Waals surface area contributed by atoms with Crippen molar-refractivity contribution in [3.63, 3.8) is 0 Å². The van der Waals surface area contributed by atoms with E-state index in [1.165, 1.54) is 0 Å². The van der Waals surface area contributed by atoms with Gasteiger partial charge in [0.2, 0.25) is 0 Å². The number of hydrogen-bond acceptors (Lipinski definition) is 6. The van der Waals surface area contributed by atoms with Crippen molar-refractivity contribution < 1.29 is 23.9 Å². The van der Waals surface area contributed by atoms with Gasteiger partial charge in [-0.05, 0) is 78.4 Å². The van der Waals surface area contributed by atoms with Gasteiger partial charge in [-0.25, -0.2) is 19.5 Å². The molecule has 1 heterocycles. The average Bonchev–Trinajstić information content (AvgIpc) is 3.29. The number of nitrogens with zero attached hydrogens (tertiary/aromatic N) is 3. The van der Waals surface area contributed by atoms with E-state index in [1.54, 1.807) is 47.9 Å². The lowest BCUT2D eigenvalue weighted by Crippen LogP contribution is -2.44. The van der Waals surface area contributed by atoms with Gasteiger partial charge in [0, 0.05) is 18.4 Å². The number of imidazole rings is 1. The monoisotopic (exact) mass is 483 g/mol. The van der Waals surface area contributed by atoms with Crippen LogP contribution in [0.1, 0.15) is 67.0 Å². The predicted octanol–water partition coefficient (Wildman–Crippen LogP) is 5.53. The molecular weight excluding hydrogens is 446 g/mol. The van der Waals surface area contributed by atoms with E-state index in [0.29, 0.717) is 12.8 Å². The molecule has 1 aromatic heterocycles. The summed E-state index contributed by atoms with van der Waals surface area (Å²) in [6, 6.07) is 9.81. The topological polar surface area (TPSA) is 90.7 Å². The van der Waals surface area contributed by atoms with E-state index in [9.17, 15) is 14.4 Å². The summed E-state index contributed by atoms with van der Waals surface area (Å²) in [5.74, 6) is 0.132. The summed E-state index contributed by atoms with van der Waals surface area (Å²) in [6.07, 6.45) is 4.34. The summed E-state index contributed by atoms with van der Waals surface area (Å²) in [5.41, 5.74) is -0.428. The number of imide groups is 1. The van der Waals surface area contributed by atoms with E-state index in [4.69, 9.17) is 9.47 Å². The summed E-state index contributed by atoms with van der Waals surface area (Å²) in [5, 5.41) is 0. The van der Waals surface area contributed by atoms with Crippen molar-refractivity contribution in [3.8, 4) is 5.69 Å². The third-order valence-electron chi connectivity index (χ3n) is 6.11. The zero-order valence-corrected chi connectivity index (χ0v) is 21.8. The first-order valence-corrected chi connectivity index (χ1v) is 12.1. The molecule has 1 aliphatic rings. The van der Waals surface area contributed by atoms with Crippen molar-refractivity contribution in [3.05, 3.63) is 48.5 Å². The van der Waals surface area contributed by atoms with Crippen LogP contribution >= 0.6 is 0 Å². The Morgan fingerprint density at radius 2 is 1.69 bits per heavy atom. The Bertz CT molecular complexity index is 1020. The van der Waals surface area contributed by atoms with Crippen molar-refractivity contribution in [1.29, 1.82) is 0 Å². The van der Waals surface area contributed by atoms with Gasteiger partial charge in [-0.3, -0.25) is 0 Å². The molecule has 0 N–H and O–H groups in total. The van der Waals surface area contributed by atoms with Crippen LogP contribution in [0.15, 0.2) is 42.9 Å². The molecule has 0 aliphatic heterocycles. The van der Waals surface area contributed by atoms with E-state index in [-0.39, 0.29) is 18.4 Å². The van der Waals surface area contributed by atoms with Crippen molar-refractivity contribution in [1.82, 2.24) is 14.5 Å². The molecule has 2 amide bonds. The fourth-order valence-electron chi connectivity index (χ4n) is 4.23. The van der Waals surface area contributed by atoms with Crippen LogP contribution in [0.4, 0.5) is 9.59 Å². The first-order chi connectivity index (χ1) is 16.3. The molecule has 1 aromatic carbocycles. The molecular formula is C27H37N3O5. The number of para-hydroxylation sites is 1. The SMILES string of the molecule is CC(CCN(C(=O)OC(C)(C)C)C(=O)OC(C)(C)C)C1CC1(C=O)c1cn(-c2ccccc2)cn1. The number of rotatable bonds is 7. The van der Waals surface area contributed by atoms with Gasteiger partial charge in [-0.15, -0.1) is 0 Å². The highest BCUT2D eigenvalue weighted by atomic mass is 16.6. The molecule has 190 valence electrons. The minimum absolute atomic E-state index is 0.0643. The third kappa shape index (κ3) is 6.50. The van der Waals surface area contributed by atoms with Gasteiger partial charge in [0.15, 0.2) is 0 Å². The van der Waals surface area contributed by atoms with Gasteiger partial charge in [-0.1, -0.05) is 25.1 Å². The van der Waals surface area contributed by atoms with Crippen LogP contribution in [-0.4, -0.2) is 50.7 Å². The molecule has 0 bridgehead atoms. The summed E-state index contributed by atoms with van der Waals surface area (Å²) >= 11 is 0. The lowest BCUT2D eigenvalue weighted by Gasteiger charge is -2.29. The number of carbonyl (C=O) groups excluding carboxylic acids is 3. The molecule has 3 unspecified atom stereocenters. The number of aldehydes is 1. The quantitative estimate of drug-likeness (QED) is 0.481. The number of hydrogen-bond donors (Lipinski definition) is 0. The van der Waals surface area contributed by atoms with Gasteiger partial charge in [0.25, 0.3) is 0 Å². The Kier molecular flexibility index (Phi) is 7.43. The van der Waals surface area contributed by atoms with Gasteiger partial charge in [-0.2, -0.15) is 0 Å². The van der Waals surface area contributed by atoms with Crippen LogP contribution in [-0.2, 0) is 19.7 Å². The fourth-order valence-corrected chi connectivity index (χ4v) is 4.23. The molecule has 35 heavy (non-hydrogen) atoms. The predicted molar refractivity (Wildman–Crippen MR) is 132 cm³/mol. The van der Waals surface area contributed by atoms with Crippen molar-refractivity contribution >= 4 is 18.5 Å². The second-order valence-electron chi connectivity index (χ2n) is 11.3. The fraction of sp³-hybridized carbons (Fsp3) is 0.556. The molecule has 1 aliphatic carbocycles. The van der Waals surface area contributed by atoms with Crippen molar-refractivity contribution in [2.75, 3.05) is 6.54 Å². The maximum atomic E-state index is 12.8. The van der Waals surface area contributed by atoms with E-state index in [2.05, 4.69) is 4.98 Å². The van der Waals surface area contributed by atoms with Crippen molar-refractivity contribution in [2.24, 2.45) is 11.8 Å². The van der Waals surface area contributed by atoms with E-state index in [0.717, 1.165) is 22.6 Å². The molecule has 8 heteroatoms. The summed E-state index contributed by atoms with van der Waals surface area (Å²) in [7, 11) is 0. The van der Waals surface area contributed by atoms with Crippen molar-refractivity contribution in [2.45, 2.75) is 77.9 Å². The smallest absolute Gasteiger partial charge is 0.419 e. The molecule has 0 radical (unpaired) electrons. The minimum atomic E-state index is -0.746. The average molecular weight is 484 g/mol. The number of benzene rings is 1.